The van der Waals surface area contributed by atoms with Gasteiger partial charge in [0, 0.05) is 18.7 Å². The number of amides is 1. The molecule has 0 spiro atoms. The van der Waals surface area contributed by atoms with Crippen LogP contribution in [0.2, 0.25) is 0 Å². The summed E-state index contributed by atoms with van der Waals surface area (Å²) >= 11 is 0. The summed E-state index contributed by atoms with van der Waals surface area (Å²) < 4.78 is 28.1. The normalized spacial score (nSPS) is 18.4. The second kappa shape index (κ2) is 8.63. The molecule has 2 rings (SSSR count). The van der Waals surface area contributed by atoms with Gasteiger partial charge in [0.25, 0.3) is 5.91 Å². The first kappa shape index (κ1) is 19.7. The molecule has 8 heteroatoms. The van der Waals surface area contributed by atoms with Crippen LogP contribution in [0.25, 0.3) is 6.08 Å². The van der Waals surface area contributed by atoms with Crippen molar-refractivity contribution in [1.29, 1.82) is 5.26 Å². The van der Waals surface area contributed by atoms with Crippen LogP contribution in [0.4, 0.5) is 0 Å². The van der Waals surface area contributed by atoms with Crippen LogP contribution in [0.3, 0.4) is 0 Å². The minimum absolute atomic E-state index is 0.0425. The Morgan fingerprint density at radius 1 is 1.35 bits per heavy atom. The SMILES string of the molecule is CCN(C(=O)COC(=O)/C=C/c1ccc(C#N)cc1)[C@H]1CCS(=O)(=O)C1. The van der Waals surface area contributed by atoms with Gasteiger partial charge in [-0.2, -0.15) is 5.26 Å². The van der Waals surface area contributed by atoms with Gasteiger partial charge < -0.3 is 9.64 Å². The molecule has 138 valence electrons. The van der Waals surface area contributed by atoms with Crippen LogP contribution < -0.4 is 0 Å². The van der Waals surface area contributed by atoms with Crippen molar-refractivity contribution in [2.24, 2.45) is 0 Å². The molecule has 0 unspecified atom stereocenters. The molecule has 1 aromatic rings. The first-order chi connectivity index (χ1) is 12.3. The number of hydrogen-bond acceptors (Lipinski definition) is 6. The molecule has 1 atom stereocenters. The minimum atomic E-state index is -3.09. The largest absolute Gasteiger partial charge is 0.452 e. The molecule has 26 heavy (non-hydrogen) atoms. The lowest BCUT2D eigenvalue weighted by Gasteiger charge is -2.26. The molecule has 7 nitrogen and oxygen atoms in total. The summed E-state index contributed by atoms with van der Waals surface area (Å²) in [5.41, 5.74) is 1.24. The highest BCUT2D eigenvalue weighted by Crippen LogP contribution is 2.17. The van der Waals surface area contributed by atoms with Gasteiger partial charge in [0.2, 0.25) is 0 Å². The zero-order chi connectivity index (χ0) is 19.2. The molecular formula is C18H20N2O5S. The number of sulfone groups is 1. The predicted molar refractivity (Wildman–Crippen MR) is 95.6 cm³/mol. The van der Waals surface area contributed by atoms with Crippen LogP contribution in [0.15, 0.2) is 30.3 Å². The number of likely N-dealkylation sites (N-methyl/N-ethyl adjacent to an activating group) is 1. The van der Waals surface area contributed by atoms with E-state index in [4.69, 9.17) is 10.00 Å². The number of esters is 1. The monoisotopic (exact) mass is 376 g/mol. The Bertz CT molecular complexity index is 837. The molecule has 1 aromatic carbocycles. The molecule has 1 saturated heterocycles. The average Bonchev–Trinajstić information content (AvgIpc) is 2.98. The fourth-order valence-corrected chi connectivity index (χ4v) is 4.49. The van der Waals surface area contributed by atoms with E-state index in [9.17, 15) is 18.0 Å². The van der Waals surface area contributed by atoms with E-state index in [-0.39, 0.29) is 17.5 Å². The van der Waals surface area contributed by atoms with Gasteiger partial charge in [0.15, 0.2) is 16.4 Å². The van der Waals surface area contributed by atoms with Crippen molar-refractivity contribution in [3.63, 3.8) is 0 Å². The Hall–Kier alpha value is -2.66. The van der Waals surface area contributed by atoms with Crippen molar-refractivity contribution < 1.29 is 22.7 Å². The second-order valence-electron chi connectivity index (χ2n) is 5.91. The van der Waals surface area contributed by atoms with Crippen molar-refractivity contribution in [2.75, 3.05) is 24.7 Å². The summed E-state index contributed by atoms with van der Waals surface area (Å²) in [4.78, 5) is 25.4. The van der Waals surface area contributed by atoms with E-state index in [1.807, 2.05) is 6.07 Å². The van der Waals surface area contributed by atoms with E-state index >= 15 is 0 Å². The third kappa shape index (κ3) is 5.43. The van der Waals surface area contributed by atoms with E-state index in [2.05, 4.69) is 0 Å². The van der Waals surface area contributed by atoms with E-state index in [1.165, 1.54) is 17.1 Å². The predicted octanol–water partition coefficient (Wildman–Crippen LogP) is 1.15. The topological polar surface area (TPSA) is 105 Å². The summed E-state index contributed by atoms with van der Waals surface area (Å²) in [5, 5.41) is 8.73. The van der Waals surface area contributed by atoms with Gasteiger partial charge in [-0.1, -0.05) is 12.1 Å². The van der Waals surface area contributed by atoms with Crippen LogP contribution in [-0.2, 0) is 24.2 Å². The maximum atomic E-state index is 12.2. The minimum Gasteiger partial charge on any atom is -0.452 e. The Balaban J connectivity index is 1.86. The lowest BCUT2D eigenvalue weighted by Crippen LogP contribution is -2.43. The summed E-state index contributed by atoms with van der Waals surface area (Å²) in [5.74, 6) is -1.04. The summed E-state index contributed by atoms with van der Waals surface area (Å²) in [6.07, 6.45) is 3.13. The second-order valence-corrected chi connectivity index (χ2v) is 8.14. The number of rotatable bonds is 6. The summed E-state index contributed by atoms with van der Waals surface area (Å²) in [6.45, 7) is 1.69. The van der Waals surface area contributed by atoms with E-state index in [0.717, 1.165) is 5.56 Å². The smallest absolute Gasteiger partial charge is 0.331 e. The van der Waals surface area contributed by atoms with Crippen molar-refractivity contribution in [3.05, 3.63) is 41.5 Å². The lowest BCUT2D eigenvalue weighted by molar-refractivity contribution is -0.149. The van der Waals surface area contributed by atoms with Crippen LogP contribution in [0, 0.1) is 11.3 Å². The molecular weight excluding hydrogens is 356 g/mol. The Kier molecular flexibility index (Phi) is 6.52. The number of benzene rings is 1. The zero-order valence-electron chi connectivity index (χ0n) is 14.4. The van der Waals surface area contributed by atoms with E-state index in [1.54, 1.807) is 31.2 Å². The van der Waals surface area contributed by atoms with Gasteiger partial charge in [-0.25, -0.2) is 13.2 Å². The molecule has 0 aromatic heterocycles. The van der Waals surface area contributed by atoms with Crippen molar-refractivity contribution >= 4 is 27.8 Å². The number of nitrogens with zero attached hydrogens (tertiary/aromatic N) is 2. The Morgan fingerprint density at radius 2 is 2.04 bits per heavy atom. The average molecular weight is 376 g/mol. The Morgan fingerprint density at radius 3 is 2.58 bits per heavy atom. The summed E-state index contributed by atoms with van der Waals surface area (Å²) in [6, 6.07) is 8.28. The molecule has 0 N–H and O–H groups in total. The van der Waals surface area contributed by atoms with Crippen LogP contribution in [0.5, 0.6) is 0 Å². The standard InChI is InChI=1S/C18H20N2O5S/c1-2-20(16-9-10-26(23,24)13-16)17(21)12-25-18(22)8-7-14-3-5-15(11-19)6-4-14/h3-8,16H,2,9-10,12-13H2,1H3/b8-7+/t16-/m0/s1. The number of carbonyl (C=O) groups excluding carboxylic acids is 2. The van der Waals surface area contributed by atoms with Gasteiger partial charge in [-0.3, -0.25) is 4.79 Å². The van der Waals surface area contributed by atoms with Gasteiger partial charge >= 0.3 is 5.97 Å². The van der Waals surface area contributed by atoms with E-state index in [0.29, 0.717) is 18.5 Å². The van der Waals surface area contributed by atoms with Crippen LogP contribution >= 0.6 is 0 Å². The number of ether oxygens (including phenoxy) is 1. The number of nitriles is 1. The van der Waals surface area contributed by atoms with Crippen molar-refractivity contribution in [3.8, 4) is 6.07 Å². The first-order valence-corrected chi connectivity index (χ1v) is 10.0. The van der Waals surface area contributed by atoms with E-state index < -0.39 is 28.3 Å². The van der Waals surface area contributed by atoms with Crippen molar-refractivity contribution in [2.45, 2.75) is 19.4 Å². The molecule has 1 fully saturated rings. The lowest BCUT2D eigenvalue weighted by atomic mass is 10.1. The van der Waals surface area contributed by atoms with Crippen LogP contribution in [-0.4, -0.2) is 55.9 Å². The van der Waals surface area contributed by atoms with Gasteiger partial charge in [0.1, 0.15) is 0 Å². The molecule has 1 amide bonds. The highest BCUT2D eigenvalue weighted by atomic mass is 32.2. The molecule has 1 aliphatic rings. The molecule has 0 saturated carbocycles. The van der Waals surface area contributed by atoms with Gasteiger partial charge in [-0.15, -0.1) is 0 Å². The van der Waals surface area contributed by atoms with Crippen LogP contribution in [0.1, 0.15) is 24.5 Å². The molecule has 0 radical (unpaired) electrons. The first-order valence-electron chi connectivity index (χ1n) is 8.19. The fraction of sp³-hybridized carbons (Fsp3) is 0.389. The third-order valence-corrected chi connectivity index (χ3v) is 5.85. The number of carbonyl (C=O) groups is 2. The Labute approximate surface area is 152 Å². The fourth-order valence-electron chi connectivity index (χ4n) is 2.76. The van der Waals surface area contributed by atoms with Gasteiger partial charge in [-0.05, 0) is 37.1 Å². The summed E-state index contributed by atoms with van der Waals surface area (Å²) in [7, 11) is -3.09. The molecule has 0 aliphatic carbocycles. The van der Waals surface area contributed by atoms with Gasteiger partial charge in [0.05, 0.1) is 23.1 Å². The third-order valence-electron chi connectivity index (χ3n) is 4.10. The molecule has 1 heterocycles. The maximum Gasteiger partial charge on any atom is 0.331 e. The number of hydrogen-bond donors (Lipinski definition) is 0. The van der Waals surface area contributed by atoms with Crippen molar-refractivity contribution in [1.82, 2.24) is 4.90 Å². The maximum absolute atomic E-state index is 12.2. The highest BCUT2D eigenvalue weighted by molar-refractivity contribution is 7.91. The molecule has 0 bridgehead atoms. The quantitative estimate of drug-likeness (QED) is 0.545. The molecule has 1 aliphatic heterocycles. The zero-order valence-corrected chi connectivity index (χ0v) is 15.2. The highest BCUT2D eigenvalue weighted by Gasteiger charge is 2.34.